The number of halogens is 1. The van der Waals surface area contributed by atoms with Crippen LogP contribution in [0.25, 0.3) is 0 Å². The van der Waals surface area contributed by atoms with E-state index in [1.165, 1.54) is 0 Å². The van der Waals surface area contributed by atoms with Gasteiger partial charge < -0.3 is 4.74 Å². The molecule has 1 aromatic carbocycles. The van der Waals surface area contributed by atoms with Gasteiger partial charge in [-0.05, 0) is 54.9 Å². The summed E-state index contributed by atoms with van der Waals surface area (Å²) in [6.07, 6.45) is 2.11. The number of benzene rings is 1. The van der Waals surface area contributed by atoms with Crippen LogP contribution in [0.2, 0.25) is 0 Å². The van der Waals surface area contributed by atoms with Crippen molar-refractivity contribution in [3.8, 4) is 5.75 Å². The Morgan fingerprint density at radius 1 is 1.19 bits per heavy atom. The van der Waals surface area contributed by atoms with Gasteiger partial charge in [0.15, 0.2) is 0 Å². The highest BCUT2D eigenvalue weighted by Crippen LogP contribution is 2.33. The van der Waals surface area contributed by atoms with Crippen LogP contribution in [-0.4, -0.2) is 15.0 Å². The van der Waals surface area contributed by atoms with Crippen molar-refractivity contribution in [3.63, 3.8) is 0 Å². The van der Waals surface area contributed by atoms with Gasteiger partial charge in [0.25, 0.3) is 9.05 Å². The van der Waals surface area contributed by atoms with Crippen LogP contribution in [0.1, 0.15) is 57.6 Å². The van der Waals surface area contributed by atoms with Crippen molar-refractivity contribution in [2.24, 2.45) is 5.92 Å². The lowest BCUT2D eigenvalue weighted by Crippen LogP contribution is -2.05. The summed E-state index contributed by atoms with van der Waals surface area (Å²) in [6.45, 7) is 10.8. The number of aryl methyl sites for hydroxylation is 1. The Morgan fingerprint density at radius 2 is 1.81 bits per heavy atom. The minimum atomic E-state index is -3.73. The average Bonchev–Trinajstić information content (AvgIpc) is 2.32. The third kappa shape index (κ3) is 5.51. The third-order valence-corrected chi connectivity index (χ3v) is 4.84. The van der Waals surface area contributed by atoms with Crippen molar-refractivity contribution < 1.29 is 13.2 Å². The molecular weight excluding hydrogens is 308 g/mol. The minimum Gasteiger partial charge on any atom is -0.493 e. The Bertz CT molecular complexity index is 577. The molecule has 21 heavy (non-hydrogen) atoms. The first-order chi connectivity index (χ1) is 9.62. The van der Waals surface area contributed by atoms with E-state index in [0.29, 0.717) is 18.1 Å². The summed E-state index contributed by atoms with van der Waals surface area (Å²) in [4.78, 5) is 0.169. The first-order valence-corrected chi connectivity index (χ1v) is 9.65. The van der Waals surface area contributed by atoms with E-state index in [-0.39, 0.29) is 10.8 Å². The predicted molar refractivity (Wildman–Crippen MR) is 87.9 cm³/mol. The molecule has 0 unspecified atom stereocenters. The molecule has 0 spiro atoms. The van der Waals surface area contributed by atoms with Crippen molar-refractivity contribution in [3.05, 3.63) is 23.3 Å². The van der Waals surface area contributed by atoms with Crippen LogP contribution in [0, 0.1) is 12.8 Å². The van der Waals surface area contributed by atoms with E-state index in [4.69, 9.17) is 15.4 Å². The lowest BCUT2D eigenvalue weighted by Gasteiger charge is -2.17. The minimum absolute atomic E-state index is 0.169. The predicted octanol–water partition coefficient (Wildman–Crippen LogP) is 4.86. The standard InChI is InChI=1S/C16H25ClO3S/c1-11(2)7-6-8-20-15-9-13(5)16(21(17,18)19)10-14(15)12(3)4/h9-12H,6-8H2,1-5H3. The second-order valence-electron chi connectivity index (χ2n) is 6.13. The Hall–Kier alpha value is -0.740. The largest absolute Gasteiger partial charge is 0.493 e. The molecule has 0 aliphatic carbocycles. The lowest BCUT2D eigenvalue weighted by molar-refractivity contribution is 0.293. The summed E-state index contributed by atoms with van der Waals surface area (Å²) in [6, 6.07) is 3.42. The number of rotatable bonds is 7. The van der Waals surface area contributed by atoms with Gasteiger partial charge >= 0.3 is 0 Å². The fourth-order valence-electron chi connectivity index (χ4n) is 2.19. The van der Waals surface area contributed by atoms with Gasteiger partial charge in [0.1, 0.15) is 5.75 Å². The number of ether oxygens (including phenoxy) is 1. The fraction of sp³-hybridized carbons (Fsp3) is 0.625. The van der Waals surface area contributed by atoms with Gasteiger partial charge in [-0.1, -0.05) is 27.7 Å². The molecule has 0 atom stereocenters. The second kappa shape index (κ2) is 7.50. The van der Waals surface area contributed by atoms with Crippen LogP contribution in [0.5, 0.6) is 5.75 Å². The molecule has 5 heteroatoms. The van der Waals surface area contributed by atoms with Gasteiger partial charge in [0.2, 0.25) is 0 Å². The molecule has 0 aliphatic heterocycles. The summed E-state index contributed by atoms with van der Waals surface area (Å²) in [5, 5.41) is 0. The van der Waals surface area contributed by atoms with Crippen molar-refractivity contribution in [2.45, 2.75) is 58.3 Å². The molecule has 0 heterocycles. The van der Waals surface area contributed by atoms with Gasteiger partial charge in [-0.2, -0.15) is 0 Å². The van der Waals surface area contributed by atoms with Crippen LogP contribution in [-0.2, 0) is 9.05 Å². The van der Waals surface area contributed by atoms with Gasteiger partial charge in [-0.15, -0.1) is 0 Å². The van der Waals surface area contributed by atoms with Gasteiger partial charge in [0.05, 0.1) is 11.5 Å². The van der Waals surface area contributed by atoms with Crippen molar-refractivity contribution in [2.75, 3.05) is 6.61 Å². The van der Waals surface area contributed by atoms with E-state index >= 15 is 0 Å². The summed E-state index contributed by atoms with van der Waals surface area (Å²) < 4.78 is 29.1. The summed E-state index contributed by atoms with van der Waals surface area (Å²) in [5.41, 5.74) is 1.50. The molecule has 0 N–H and O–H groups in total. The van der Waals surface area contributed by atoms with E-state index in [1.54, 1.807) is 19.1 Å². The van der Waals surface area contributed by atoms with E-state index < -0.39 is 9.05 Å². The molecule has 0 saturated heterocycles. The Labute approximate surface area is 133 Å². The fourth-order valence-corrected chi connectivity index (χ4v) is 3.40. The van der Waals surface area contributed by atoms with Gasteiger partial charge in [-0.25, -0.2) is 8.42 Å². The first-order valence-electron chi connectivity index (χ1n) is 7.35. The highest BCUT2D eigenvalue weighted by Gasteiger charge is 2.19. The molecule has 0 aromatic heterocycles. The molecule has 1 aromatic rings. The smallest absolute Gasteiger partial charge is 0.261 e. The molecule has 0 aliphatic rings. The molecule has 0 radical (unpaired) electrons. The van der Waals surface area contributed by atoms with Crippen LogP contribution in [0.3, 0.4) is 0 Å². The van der Waals surface area contributed by atoms with Gasteiger partial charge in [-0.3, -0.25) is 0 Å². The lowest BCUT2D eigenvalue weighted by atomic mass is 10.0. The molecule has 3 nitrogen and oxygen atoms in total. The zero-order valence-corrected chi connectivity index (χ0v) is 15.0. The van der Waals surface area contributed by atoms with Crippen LogP contribution in [0.15, 0.2) is 17.0 Å². The SMILES string of the molecule is Cc1cc(OCCCC(C)C)c(C(C)C)cc1S(=O)(=O)Cl. The maximum atomic E-state index is 11.6. The summed E-state index contributed by atoms with van der Waals surface area (Å²) >= 11 is 0. The summed E-state index contributed by atoms with van der Waals surface area (Å²) in [5.74, 6) is 1.59. The molecule has 0 fully saturated rings. The highest BCUT2D eigenvalue weighted by atomic mass is 35.7. The van der Waals surface area contributed by atoms with E-state index in [2.05, 4.69) is 13.8 Å². The quantitative estimate of drug-likeness (QED) is 0.529. The molecule has 0 bridgehead atoms. The summed E-state index contributed by atoms with van der Waals surface area (Å²) in [7, 11) is 1.76. The monoisotopic (exact) mass is 332 g/mol. The van der Waals surface area contributed by atoms with Crippen LogP contribution < -0.4 is 4.74 Å². The maximum Gasteiger partial charge on any atom is 0.261 e. The number of hydrogen-bond donors (Lipinski definition) is 0. The molecule has 1 rings (SSSR count). The van der Waals surface area contributed by atoms with Crippen molar-refractivity contribution in [1.82, 2.24) is 0 Å². The zero-order chi connectivity index (χ0) is 16.2. The maximum absolute atomic E-state index is 11.6. The van der Waals surface area contributed by atoms with Gasteiger partial charge in [0, 0.05) is 10.7 Å². The van der Waals surface area contributed by atoms with E-state index in [0.717, 1.165) is 24.2 Å². The van der Waals surface area contributed by atoms with Crippen LogP contribution in [0.4, 0.5) is 0 Å². The highest BCUT2D eigenvalue weighted by molar-refractivity contribution is 8.13. The Kier molecular flexibility index (Phi) is 6.54. The zero-order valence-electron chi connectivity index (χ0n) is 13.4. The first kappa shape index (κ1) is 18.3. The van der Waals surface area contributed by atoms with Crippen LogP contribution >= 0.6 is 10.7 Å². The topological polar surface area (TPSA) is 43.4 Å². The molecule has 120 valence electrons. The molecule has 0 amide bonds. The Morgan fingerprint density at radius 3 is 2.29 bits per heavy atom. The molecular formula is C16H25ClO3S. The van der Waals surface area contributed by atoms with E-state index in [1.807, 2.05) is 13.8 Å². The second-order valence-corrected chi connectivity index (χ2v) is 8.67. The van der Waals surface area contributed by atoms with Crippen molar-refractivity contribution in [1.29, 1.82) is 0 Å². The number of hydrogen-bond acceptors (Lipinski definition) is 3. The van der Waals surface area contributed by atoms with E-state index in [9.17, 15) is 8.42 Å². The Balaban J connectivity index is 3.01. The van der Waals surface area contributed by atoms with Crippen molar-refractivity contribution >= 4 is 19.7 Å². The average molecular weight is 333 g/mol. The molecule has 0 saturated carbocycles. The third-order valence-electron chi connectivity index (χ3n) is 3.38. The normalized spacial score (nSPS) is 12.2.